The molecular formula is C27H28N6O2. The Balaban J connectivity index is 1.25. The van der Waals surface area contributed by atoms with Gasteiger partial charge in [-0.1, -0.05) is 36.4 Å². The largest absolute Gasteiger partial charge is 0.350 e. The molecule has 2 heterocycles. The minimum absolute atomic E-state index is 0.143. The summed E-state index contributed by atoms with van der Waals surface area (Å²) in [6.45, 7) is 4.12. The molecule has 1 unspecified atom stereocenters. The van der Waals surface area contributed by atoms with Crippen molar-refractivity contribution in [2.45, 2.75) is 32.7 Å². The summed E-state index contributed by atoms with van der Waals surface area (Å²) < 4.78 is 3.51. The van der Waals surface area contributed by atoms with Gasteiger partial charge in [0, 0.05) is 12.6 Å². The van der Waals surface area contributed by atoms with E-state index in [0.717, 1.165) is 35.6 Å². The molecule has 1 fully saturated rings. The van der Waals surface area contributed by atoms with Gasteiger partial charge in [0.05, 0.1) is 46.3 Å². The third kappa shape index (κ3) is 4.73. The van der Waals surface area contributed by atoms with Crippen molar-refractivity contribution in [2.24, 2.45) is 5.92 Å². The van der Waals surface area contributed by atoms with Crippen LogP contribution in [0, 0.1) is 19.8 Å². The zero-order chi connectivity index (χ0) is 24.4. The molecule has 4 aromatic rings. The summed E-state index contributed by atoms with van der Waals surface area (Å²) in [5, 5.41) is 14.9. The molecule has 1 atom stereocenters. The Morgan fingerprint density at radius 1 is 0.829 bits per heavy atom. The molecule has 178 valence electrons. The molecule has 2 aromatic carbocycles. The second-order valence-electron chi connectivity index (χ2n) is 8.91. The summed E-state index contributed by atoms with van der Waals surface area (Å²) in [5.74, 6) is -0.0153. The summed E-state index contributed by atoms with van der Waals surface area (Å²) in [6, 6.07) is 19.3. The highest BCUT2D eigenvalue weighted by Crippen LogP contribution is 2.32. The van der Waals surface area contributed by atoms with E-state index in [4.69, 9.17) is 0 Å². The molecule has 35 heavy (non-hydrogen) atoms. The first kappa shape index (κ1) is 22.6. The van der Waals surface area contributed by atoms with Crippen molar-refractivity contribution in [3.63, 3.8) is 0 Å². The van der Waals surface area contributed by atoms with Crippen molar-refractivity contribution in [1.82, 2.24) is 30.2 Å². The number of rotatable bonds is 8. The van der Waals surface area contributed by atoms with Gasteiger partial charge in [0.2, 0.25) is 0 Å². The first-order valence-corrected chi connectivity index (χ1v) is 11.8. The number of aromatic nitrogens is 4. The topological polar surface area (TPSA) is 93.8 Å². The monoisotopic (exact) mass is 468 g/mol. The quantitative estimate of drug-likeness (QED) is 0.413. The minimum Gasteiger partial charge on any atom is -0.350 e. The molecule has 2 N–H and O–H groups in total. The minimum atomic E-state index is -0.197. The maximum absolute atomic E-state index is 13.1. The number of benzene rings is 2. The van der Waals surface area contributed by atoms with Gasteiger partial charge >= 0.3 is 0 Å². The van der Waals surface area contributed by atoms with E-state index in [2.05, 4.69) is 20.8 Å². The Morgan fingerprint density at radius 3 is 1.80 bits per heavy atom. The van der Waals surface area contributed by atoms with Gasteiger partial charge in [-0.15, -0.1) is 0 Å². The van der Waals surface area contributed by atoms with Crippen LogP contribution in [-0.2, 0) is 0 Å². The molecule has 1 saturated carbocycles. The fraction of sp³-hybridized carbons (Fsp3) is 0.259. The highest BCUT2D eigenvalue weighted by atomic mass is 16.2. The number of amides is 2. The molecule has 8 nitrogen and oxygen atoms in total. The van der Waals surface area contributed by atoms with E-state index < -0.39 is 0 Å². The molecule has 0 spiro atoms. The van der Waals surface area contributed by atoms with E-state index in [1.807, 2.05) is 74.5 Å². The fourth-order valence-electron chi connectivity index (χ4n) is 4.30. The maximum atomic E-state index is 13.1. The molecule has 2 aromatic heterocycles. The molecule has 0 saturated heterocycles. The van der Waals surface area contributed by atoms with Crippen molar-refractivity contribution in [2.75, 3.05) is 6.54 Å². The Hall–Kier alpha value is -4.20. The third-order valence-corrected chi connectivity index (χ3v) is 6.50. The first-order valence-electron chi connectivity index (χ1n) is 11.8. The molecular weight excluding hydrogens is 440 g/mol. The van der Waals surface area contributed by atoms with Crippen LogP contribution in [0.15, 0.2) is 73.1 Å². The molecule has 5 rings (SSSR count). The van der Waals surface area contributed by atoms with Crippen LogP contribution in [0.4, 0.5) is 0 Å². The van der Waals surface area contributed by atoms with Gasteiger partial charge in [-0.2, -0.15) is 10.2 Å². The van der Waals surface area contributed by atoms with Crippen molar-refractivity contribution in [3.05, 3.63) is 95.6 Å². The Labute approximate surface area is 204 Å². The number of carbonyl (C=O) groups excluding carboxylic acids is 2. The predicted molar refractivity (Wildman–Crippen MR) is 133 cm³/mol. The van der Waals surface area contributed by atoms with E-state index in [1.54, 1.807) is 21.8 Å². The second kappa shape index (κ2) is 9.58. The summed E-state index contributed by atoms with van der Waals surface area (Å²) >= 11 is 0. The Bertz CT molecular complexity index is 1340. The van der Waals surface area contributed by atoms with E-state index in [9.17, 15) is 9.59 Å². The van der Waals surface area contributed by atoms with Crippen LogP contribution in [0.25, 0.3) is 11.4 Å². The zero-order valence-electron chi connectivity index (χ0n) is 19.8. The second-order valence-corrected chi connectivity index (χ2v) is 8.91. The van der Waals surface area contributed by atoms with Gasteiger partial charge < -0.3 is 10.6 Å². The summed E-state index contributed by atoms with van der Waals surface area (Å²) in [6.07, 6.45) is 5.26. The standard InChI is InChI=1S/C27H28N6O2/c1-18-23(15-29-32(18)21-9-5-3-6-10-21)26(34)28-17-25(20-13-14-20)31-27(35)24-16-30-33(19(24)2)22-11-7-4-8-12-22/h3-12,15-16,20,25H,13-14,17H2,1-2H3,(H,28,34)(H,31,35). The summed E-state index contributed by atoms with van der Waals surface area (Å²) in [7, 11) is 0. The molecule has 2 amide bonds. The van der Waals surface area contributed by atoms with Crippen LogP contribution < -0.4 is 10.6 Å². The van der Waals surface area contributed by atoms with Crippen LogP contribution in [0.5, 0.6) is 0 Å². The van der Waals surface area contributed by atoms with Crippen LogP contribution in [0.1, 0.15) is 44.9 Å². The van der Waals surface area contributed by atoms with Gasteiger partial charge in [0.15, 0.2) is 0 Å². The smallest absolute Gasteiger partial charge is 0.255 e. The van der Waals surface area contributed by atoms with Gasteiger partial charge in [0.1, 0.15) is 0 Å². The molecule has 0 bridgehead atoms. The normalized spacial score (nSPS) is 13.9. The van der Waals surface area contributed by atoms with E-state index in [1.165, 1.54) is 0 Å². The molecule has 1 aliphatic carbocycles. The van der Waals surface area contributed by atoms with Crippen molar-refractivity contribution < 1.29 is 9.59 Å². The average molecular weight is 469 g/mol. The molecule has 1 aliphatic rings. The van der Waals surface area contributed by atoms with E-state index >= 15 is 0 Å². The SMILES string of the molecule is Cc1c(C(=O)NCC(NC(=O)c2cnn(-c3ccccc3)c2C)C2CC2)cnn1-c1ccccc1. The van der Waals surface area contributed by atoms with E-state index in [-0.39, 0.29) is 17.9 Å². The predicted octanol–water partition coefficient (Wildman–Crippen LogP) is 3.61. The Kier molecular flexibility index (Phi) is 6.18. The van der Waals surface area contributed by atoms with Crippen molar-refractivity contribution in [3.8, 4) is 11.4 Å². The highest BCUT2D eigenvalue weighted by Gasteiger charge is 2.33. The lowest BCUT2D eigenvalue weighted by atomic mass is 10.1. The van der Waals surface area contributed by atoms with Crippen molar-refractivity contribution in [1.29, 1.82) is 0 Å². The lowest BCUT2D eigenvalue weighted by Crippen LogP contribution is -2.45. The molecule has 8 heteroatoms. The summed E-state index contributed by atoms with van der Waals surface area (Å²) in [5.41, 5.74) is 4.40. The fourth-order valence-corrected chi connectivity index (χ4v) is 4.30. The number of nitrogens with one attached hydrogen (secondary N) is 2. The number of nitrogens with zero attached hydrogens (tertiary/aromatic N) is 4. The highest BCUT2D eigenvalue weighted by molar-refractivity contribution is 5.96. The first-order chi connectivity index (χ1) is 17.0. The van der Waals surface area contributed by atoms with E-state index in [0.29, 0.717) is 23.6 Å². The number of para-hydroxylation sites is 2. The molecule has 0 aliphatic heterocycles. The van der Waals surface area contributed by atoms with Crippen LogP contribution in [0.2, 0.25) is 0 Å². The number of hydrogen-bond acceptors (Lipinski definition) is 4. The van der Waals surface area contributed by atoms with Crippen molar-refractivity contribution >= 4 is 11.8 Å². The number of carbonyl (C=O) groups is 2. The number of hydrogen-bond donors (Lipinski definition) is 2. The van der Waals surface area contributed by atoms with Crippen LogP contribution >= 0.6 is 0 Å². The van der Waals surface area contributed by atoms with Gasteiger partial charge in [0.25, 0.3) is 11.8 Å². The lowest BCUT2D eigenvalue weighted by molar-refractivity contribution is 0.0902. The maximum Gasteiger partial charge on any atom is 0.255 e. The summed E-state index contributed by atoms with van der Waals surface area (Å²) in [4.78, 5) is 26.0. The molecule has 0 radical (unpaired) electrons. The third-order valence-electron chi connectivity index (χ3n) is 6.50. The van der Waals surface area contributed by atoms with Gasteiger partial charge in [-0.3, -0.25) is 9.59 Å². The lowest BCUT2D eigenvalue weighted by Gasteiger charge is -2.19. The van der Waals surface area contributed by atoms with Crippen LogP contribution in [0.3, 0.4) is 0 Å². The van der Waals surface area contributed by atoms with Gasteiger partial charge in [-0.05, 0) is 56.9 Å². The average Bonchev–Trinajstić information content (AvgIpc) is 3.55. The zero-order valence-corrected chi connectivity index (χ0v) is 19.8. The van der Waals surface area contributed by atoms with Gasteiger partial charge in [-0.25, -0.2) is 9.36 Å². The van der Waals surface area contributed by atoms with Crippen LogP contribution in [-0.4, -0.2) is 44.0 Å². The Morgan fingerprint density at radius 2 is 1.31 bits per heavy atom.